The third-order valence-corrected chi connectivity index (χ3v) is 2.30. The Morgan fingerprint density at radius 1 is 1.35 bits per heavy atom. The normalized spacial score (nSPS) is 13.2. The van der Waals surface area contributed by atoms with Crippen LogP contribution in [0.15, 0.2) is 24.3 Å². The molecule has 1 rings (SSSR count). The fourth-order valence-electron chi connectivity index (χ4n) is 1.36. The summed E-state index contributed by atoms with van der Waals surface area (Å²) in [5.41, 5.74) is 0.730. The van der Waals surface area contributed by atoms with E-state index < -0.39 is 11.6 Å². The molecule has 0 heterocycles. The summed E-state index contributed by atoms with van der Waals surface area (Å²) in [4.78, 5) is 10.7. The van der Waals surface area contributed by atoms with E-state index in [9.17, 15) is 18.0 Å². The van der Waals surface area contributed by atoms with Crippen LogP contribution in [0.1, 0.15) is 24.8 Å². The summed E-state index contributed by atoms with van der Waals surface area (Å²) in [6.45, 7) is 1.76. The number of carbonyl (C=O) groups is 1. The Kier molecular flexibility index (Phi) is 4.40. The van der Waals surface area contributed by atoms with Gasteiger partial charge in [-0.2, -0.15) is 0 Å². The number of alkyl halides is 3. The molecule has 1 aromatic carbocycles. The van der Waals surface area contributed by atoms with Gasteiger partial charge in [-0.05, 0) is 35.2 Å². The lowest BCUT2D eigenvalue weighted by Crippen LogP contribution is -2.17. The number of rotatable bonds is 4. The molecule has 1 unspecified atom stereocenters. The quantitative estimate of drug-likeness (QED) is 0.774. The van der Waals surface area contributed by atoms with Gasteiger partial charge in [-0.15, -0.1) is 13.2 Å². The van der Waals surface area contributed by atoms with Crippen LogP contribution in [-0.4, -0.2) is 11.6 Å². The first kappa shape index (κ1) is 13.8. The molecule has 0 N–H and O–H groups in total. The van der Waals surface area contributed by atoms with Gasteiger partial charge < -0.3 is 4.74 Å². The van der Waals surface area contributed by atoms with Crippen molar-refractivity contribution in [2.75, 3.05) is 0 Å². The lowest BCUT2D eigenvalue weighted by Gasteiger charge is -2.12. The average Bonchev–Trinajstić information content (AvgIpc) is 2.15. The molecule has 0 aliphatic carbocycles. The van der Waals surface area contributed by atoms with Crippen molar-refractivity contribution in [1.29, 1.82) is 0 Å². The van der Waals surface area contributed by atoms with Crippen molar-refractivity contribution in [3.63, 3.8) is 0 Å². The van der Waals surface area contributed by atoms with Gasteiger partial charge in [-0.25, -0.2) is 0 Å². The predicted octanol–water partition coefficient (Wildman–Crippen LogP) is 3.84. The minimum absolute atomic E-state index is 0.139. The van der Waals surface area contributed by atoms with E-state index in [-0.39, 0.29) is 18.1 Å². The molecule has 0 aromatic heterocycles. The van der Waals surface area contributed by atoms with Crippen LogP contribution >= 0.6 is 11.6 Å². The minimum Gasteiger partial charge on any atom is -0.406 e. The second-order valence-electron chi connectivity index (χ2n) is 3.58. The van der Waals surface area contributed by atoms with Crippen LogP contribution in [0.4, 0.5) is 13.2 Å². The highest BCUT2D eigenvalue weighted by Crippen LogP contribution is 2.26. The van der Waals surface area contributed by atoms with E-state index in [0.717, 1.165) is 5.56 Å². The van der Waals surface area contributed by atoms with Crippen LogP contribution < -0.4 is 4.74 Å². The van der Waals surface area contributed by atoms with Crippen LogP contribution in [0.2, 0.25) is 0 Å². The van der Waals surface area contributed by atoms with Gasteiger partial charge in [-0.1, -0.05) is 19.1 Å². The smallest absolute Gasteiger partial charge is 0.406 e. The topological polar surface area (TPSA) is 26.3 Å². The average molecular weight is 267 g/mol. The van der Waals surface area contributed by atoms with Gasteiger partial charge in [0.15, 0.2) is 0 Å². The van der Waals surface area contributed by atoms with Gasteiger partial charge in [0.1, 0.15) is 5.75 Å². The summed E-state index contributed by atoms with van der Waals surface area (Å²) < 4.78 is 39.4. The number of hydrogen-bond acceptors (Lipinski definition) is 2. The first-order valence-corrected chi connectivity index (χ1v) is 5.20. The fraction of sp³-hybridized carbons (Fsp3) is 0.364. The summed E-state index contributed by atoms with van der Waals surface area (Å²) in [6, 6.07) is 5.37. The molecule has 94 valence electrons. The Labute approximate surface area is 101 Å². The minimum atomic E-state index is -4.70. The van der Waals surface area contributed by atoms with Gasteiger partial charge in [0.2, 0.25) is 5.24 Å². The standard InChI is InChI=1S/C11H10ClF3O2/c1-7(6-10(12)16)8-2-4-9(5-3-8)17-11(13,14)15/h2-5,7H,6H2,1H3. The highest BCUT2D eigenvalue weighted by atomic mass is 35.5. The molecule has 0 saturated carbocycles. The zero-order valence-electron chi connectivity index (χ0n) is 8.92. The number of benzene rings is 1. The molecule has 2 nitrogen and oxygen atoms in total. The summed E-state index contributed by atoms with van der Waals surface area (Å²) in [6.07, 6.45) is -4.56. The van der Waals surface area contributed by atoms with E-state index >= 15 is 0 Å². The second-order valence-corrected chi connectivity index (χ2v) is 4.00. The van der Waals surface area contributed by atoms with Crippen molar-refractivity contribution in [2.24, 2.45) is 0 Å². The number of carbonyl (C=O) groups excluding carboxylic acids is 1. The van der Waals surface area contributed by atoms with Crippen molar-refractivity contribution in [3.05, 3.63) is 29.8 Å². The van der Waals surface area contributed by atoms with E-state index in [4.69, 9.17) is 11.6 Å². The molecule has 0 radical (unpaired) electrons. The Hall–Kier alpha value is -1.23. The molecule has 1 atom stereocenters. The zero-order chi connectivity index (χ0) is 13.1. The molecule has 17 heavy (non-hydrogen) atoms. The Bertz CT molecular complexity index is 387. The van der Waals surface area contributed by atoms with Crippen LogP contribution in [0.3, 0.4) is 0 Å². The number of halogens is 4. The van der Waals surface area contributed by atoms with Gasteiger partial charge in [0.05, 0.1) is 0 Å². The van der Waals surface area contributed by atoms with Crippen LogP contribution in [-0.2, 0) is 4.79 Å². The Balaban J connectivity index is 2.71. The summed E-state index contributed by atoms with van der Waals surface area (Å²) in [5.74, 6) is -0.425. The molecule has 0 aliphatic rings. The van der Waals surface area contributed by atoms with Crippen molar-refractivity contribution in [3.8, 4) is 5.75 Å². The van der Waals surface area contributed by atoms with Crippen molar-refractivity contribution in [2.45, 2.75) is 25.6 Å². The highest BCUT2D eigenvalue weighted by molar-refractivity contribution is 6.63. The molecule has 0 aliphatic heterocycles. The molecular weight excluding hydrogens is 257 g/mol. The highest BCUT2D eigenvalue weighted by Gasteiger charge is 2.31. The van der Waals surface area contributed by atoms with E-state index in [1.807, 2.05) is 0 Å². The predicted molar refractivity (Wildman–Crippen MR) is 57.0 cm³/mol. The van der Waals surface area contributed by atoms with Crippen molar-refractivity contribution < 1.29 is 22.7 Å². The zero-order valence-corrected chi connectivity index (χ0v) is 9.68. The SMILES string of the molecule is CC(CC(=O)Cl)c1ccc(OC(F)(F)F)cc1. The van der Waals surface area contributed by atoms with E-state index in [0.29, 0.717) is 0 Å². The third kappa shape index (κ3) is 5.08. The summed E-state index contributed by atoms with van der Waals surface area (Å²) in [7, 11) is 0. The van der Waals surface area contributed by atoms with Crippen molar-refractivity contribution >= 4 is 16.8 Å². The van der Waals surface area contributed by atoms with Crippen LogP contribution in [0.5, 0.6) is 5.75 Å². The summed E-state index contributed by atoms with van der Waals surface area (Å²) >= 11 is 5.23. The maximum Gasteiger partial charge on any atom is 0.573 e. The summed E-state index contributed by atoms with van der Waals surface area (Å²) in [5, 5.41) is -0.479. The lowest BCUT2D eigenvalue weighted by molar-refractivity contribution is -0.274. The molecule has 1 aromatic rings. The van der Waals surface area contributed by atoms with Crippen LogP contribution in [0, 0.1) is 0 Å². The molecule has 0 amide bonds. The molecule has 0 bridgehead atoms. The first-order chi connectivity index (χ1) is 7.78. The number of hydrogen-bond donors (Lipinski definition) is 0. The molecule has 6 heteroatoms. The van der Waals surface area contributed by atoms with Crippen molar-refractivity contribution in [1.82, 2.24) is 0 Å². The Morgan fingerprint density at radius 3 is 2.29 bits per heavy atom. The van der Waals surface area contributed by atoms with E-state index in [1.165, 1.54) is 24.3 Å². The fourth-order valence-corrected chi connectivity index (χ4v) is 1.59. The monoisotopic (exact) mass is 266 g/mol. The Morgan fingerprint density at radius 2 is 1.88 bits per heavy atom. The first-order valence-electron chi connectivity index (χ1n) is 4.82. The molecule has 0 saturated heterocycles. The second kappa shape index (κ2) is 5.40. The number of ether oxygens (including phenoxy) is 1. The van der Waals surface area contributed by atoms with Gasteiger partial charge in [0.25, 0.3) is 0 Å². The van der Waals surface area contributed by atoms with E-state index in [1.54, 1.807) is 6.92 Å². The maximum atomic E-state index is 11.9. The van der Waals surface area contributed by atoms with E-state index in [2.05, 4.69) is 4.74 Å². The molecular formula is C11H10ClF3O2. The van der Waals surface area contributed by atoms with Crippen LogP contribution in [0.25, 0.3) is 0 Å². The molecule has 0 spiro atoms. The lowest BCUT2D eigenvalue weighted by atomic mass is 9.98. The van der Waals surface area contributed by atoms with Gasteiger partial charge >= 0.3 is 6.36 Å². The van der Waals surface area contributed by atoms with Gasteiger partial charge in [0, 0.05) is 6.42 Å². The largest absolute Gasteiger partial charge is 0.573 e. The van der Waals surface area contributed by atoms with Gasteiger partial charge in [-0.3, -0.25) is 4.79 Å². The molecule has 0 fully saturated rings. The maximum absolute atomic E-state index is 11.9. The third-order valence-electron chi connectivity index (χ3n) is 2.15.